The molecule has 2 heterocycles. The molecule has 0 spiro atoms. The molecule has 4 rings (SSSR count). The minimum Gasteiger partial charge on any atom is -0.438 e. The fourth-order valence-corrected chi connectivity index (χ4v) is 4.87. The molecular weight excluding hydrogens is 488 g/mol. The lowest BCUT2D eigenvalue weighted by molar-refractivity contribution is 0.0978. The van der Waals surface area contributed by atoms with Gasteiger partial charge in [-0.25, -0.2) is 14.7 Å². The van der Waals surface area contributed by atoms with Crippen LogP contribution in [0.3, 0.4) is 0 Å². The molecule has 0 aliphatic heterocycles. The normalized spacial score (nSPS) is 11.0. The summed E-state index contributed by atoms with van der Waals surface area (Å²) in [6.45, 7) is 7.39. The molecule has 0 unspecified atom stereocenters. The summed E-state index contributed by atoms with van der Waals surface area (Å²) in [5.74, 6) is -0.436. The molecular formula is C28H24N4O4S. The SMILES string of the molecule is Cc1cc(C)c(Oc2nc(-c3ccc(C#N)cc3)ccc2C(=O)NS(=O)(=O)c2cccc(C)n2)c(C)c1. The quantitative estimate of drug-likeness (QED) is 0.379. The number of carbonyl (C=O) groups excluding carboxylic acids is 1. The van der Waals surface area contributed by atoms with Crippen molar-refractivity contribution in [1.82, 2.24) is 14.7 Å². The van der Waals surface area contributed by atoms with E-state index in [1.54, 1.807) is 49.4 Å². The molecule has 1 amide bonds. The Morgan fingerprint density at radius 3 is 2.22 bits per heavy atom. The van der Waals surface area contributed by atoms with Crippen LogP contribution < -0.4 is 9.46 Å². The summed E-state index contributed by atoms with van der Waals surface area (Å²) in [5, 5.41) is 8.82. The number of hydrogen-bond donors (Lipinski definition) is 1. The summed E-state index contributed by atoms with van der Waals surface area (Å²) in [4.78, 5) is 21.8. The number of nitrogens with one attached hydrogen (secondary N) is 1. The zero-order valence-electron chi connectivity index (χ0n) is 20.7. The van der Waals surface area contributed by atoms with Gasteiger partial charge in [0.2, 0.25) is 5.88 Å². The van der Waals surface area contributed by atoms with Gasteiger partial charge in [-0.05, 0) is 75.2 Å². The number of rotatable bonds is 6. The van der Waals surface area contributed by atoms with E-state index in [1.165, 1.54) is 12.1 Å². The van der Waals surface area contributed by atoms with E-state index in [4.69, 9.17) is 10.00 Å². The van der Waals surface area contributed by atoms with Crippen LogP contribution in [0.2, 0.25) is 0 Å². The number of aromatic nitrogens is 2. The number of nitrogens with zero attached hydrogens (tertiary/aromatic N) is 3. The van der Waals surface area contributed by atoms with Gasteiger partial charge in [-0.3, -0.25) is 4.79 Å². The van der Waals surface area contributed by atoms with E-state index in [2.05, 4.69) is 20.8 Å². The van der Waals surface area contributed by atoms with Crippen molar-refractivity contribution in [3.63, 3.8) is 0 Å². The number of benzene rings is 2. The molecule has 4 aromatic rings. The molecule has 0 saturated carbocycles. The third-order valence-electron chi connectivity index (χ3n) is 5.58. The van der Waals surface area contributed by atoms with Crippen LogP contribution in [0, 0.1) is 39.0 Å². The molecule has 2 aromatic carbocycles. The maximum Gasteiger partial charge on any atom is 0.281 e. The van der Waals surface area contributed by atoms with Crippen LogP contribution in [0.15, 0.2) is 71.8 Å². The number of aryl methyl sites for hydroxylation is 4. The van der Waals surface area contributed by atoms with Crippen LogP contribution in [-0.2, 0) is 10.0 Å². The standard InChI is InChI=1S/C28H24N4O4S/c1-17-14-18(2)26(19(3)15-17)36-28-23(12-13-24(31-28)22-10-8-21(16-29)9-11-22)27(33)32-37(34,35)25-7-5-6-20(4)30-25/h5-15H,1-4H3,(H,32,33). The summed E-state index contributed by atoms with van der Waals surface area (Å²) in [5.41, 5.74) is 4.85. The Labute approximate surface area is 215 Å². The number of pyridine rings is 2. The van der Waals surface area contributed by atoms with E-state index in [0.717, 1.165) is 16.7 Å². The van der Waals surface area contributed by atoms with E-state index >= 15 is 0 Å². The van der Waals surface area contributed by atoms with Crippen LogP contribution in [0.1, 0.15) is 38.3 Å². The molecule has 0 atom stereocenters. The first-order valence-corrected chi connectivity index (χ1v) is 12.8. The minimum absolute atomic E-state index is 0.0539. The van der Waals surface area contributed by atoms with E-state index < -0.39 is 15.9 Å². The first-order valence-electron chi connectivity index (χ1n) is 11.4. The average Bonchev–Trinajstić information content (AvgIpc) is 2.86. The number of ether oxygens (including phenoxy) is 1. The monoisotopic (exact) mass is 512 g/mol. The molecule has 0 radical (unpaired) electrons. The number of amides is 1. The zero-order chi connectivity index (χ0) is 26.7. The first-order chi connectivity index (χ1) is 17.6. The highest BCUT2D eigenvalue weighted by molar-refractivity contribution is 7.90. The van der Waals surface area contributed by atoms with Crippen molar-refractivity contribution in [2.24, 2.45) is 0 Å². The Balaban J connectivity index is 1.77. The lowest BCUT2D eigenvalue weighted by Gasteiger charge is -2.16. The number of nitriles is 1. The van der Waals surface area contributed by atoms with Crippen molar-refractivity contribution >= 4 is 15.9 Å². The van der Waals surface area contributed by atoms with Gasteiger partial charge in [0.05, 0.1) is 17.3 Å². The maximum atomic E-state index is 13.2. The highest BCUT2D eigenvalue weighted by atomic mass is 32.2. The van der Waals surface area contributed by atoms with Crippen molar-refractivity contribution in [1.29, 1.82) is 5.26 Å². The van der Waals surface area contributed by atoms with Crippen molar-refractivity contribution in [2.75, 3.05) is 0 Å². The van der Waals surface area contributed by atoms with Crippen LogP contribution in [-0.4, -0.2) is 24.3 Å². The third-order valence-corrected chi connectivity index (χ3v) is 6.82. The number of sulfonamides is 1. The Kier molecular flexibility index (Phi) is 7.05. The van der Waals surface area contributed by atoms with Crippen molar-refractivity contribution in [3.8, 4) is 29.0 Å². The third kappa shape index (κ3) is 5.66. The fraction of sp³-hybridized carbons (Fsp3) is 0.143. The average molecular weight is 513 g/mol. The van der Waals surface area contributed by atoms with Gasteiger partial charge >= 0.3 is 0 Å². The van der Waals surface area contributed by atoms with Gasteiger partial charge in [0.15, 0.2) is 5.03 Å². The zero-order valence-corrected chi connectivity index (χ0v) is 21.6. The fourth-order valence-electron chi connectivity index (χ4n) is 3.89. The van der Waals surface area contributed by atoms with Gasteiger partial charge in [0.25, 0.3) is 15.9 Å². The largest absolute Gasteiger partial charge is 0.438 e. The molecule has 9 heteroatoms. The molecule has 1 N–H and O–H groups in total. The summed E-state index contributed by atoms with van der Waals surface area (Å²) in [7, 11) is -4.24. The van der Waals surface area contributed by atoms with Crippen LogP contribution in [0.25, 0.3) is 11.3 Å². The Hall–Kier alpha value is -4.55. The molecule has 8 nitrogen and oxygen atoms in total. The molecule has 37 heavy (non-hydrogen) atoms. The van der Waals surface area contributed by atoms with Crippen molar-refractivity contribution in [3.05, 3.63) is 100 Å². The van der Waals surface area contributed by atoms with Gasteiger partial charge in [0, 0.05) is 11.3 Å². The number of hydrogen-bond acceptors (Lipinski definition) is 7. The smallest absolute Gasteiger partial charge is 0.281 e. The second-order valence-corrected chi connectivity index (χ2v) is 10.2. The van der Waals surface area contributed by atoms with Crippen LogP contribution >= 0.6 is 0 Å². The molecule has 0 saturated heterocycles. The van der Waals surface area contributed by atoms with Gasteiger partial charge in [-0.2, -0.15) is 13.7 Å². The van der Waals surface area contributed by atoms with Crippen molar-refractivity contribution < 1.29 is 17.9 Å². The Bertz CT molecular complexity index is 1630. The second-order valence-electron chi connectivity index (χ2n) is 8.62. The highest BCUT2D eigenvalue weighted by Crippen LogP contribution is 2.32. The summed E-state index contributed by atoms with van der Waals surface area (Å²) in [6, 6.07) is 20.3. The topological polar surface area (TPSA) is 122 Å². The maximum absolute atomic E-state index is 13.2. The predicted octanol–water partition coefficient (Wildman–Crippen LogP) is 5.16. The van der Waals surface area contributed by atoms with Crippen LogP contribution in [0.5, 0.6) is 11.6 Å². The summed E-state index contributed by atoms with van der Waals surface area (Å²) >= 11 is 0. The van der Waals surface area contributed by atoms with Gasteiger partial charge in [0.1, 0.15) is 11.3 Å². The van der Waals surface area contributed by atoms with Gasteiger partial charge in [-0.1, -0.05) is 35.9 Å². The molecule has 0 aliphatic rings. The summed E-state index contributed by atoms with van der Waals surface area (Å²) < 4.78 is 33.9. The number of carbonyl (C=O) groups is 1. The molecule has 186 valence electrons. The van der Waals surface area contributed by atoms with Gasteiger partial charge < -0.3 is 4.74 Å². The van der Waals surface area contributed by atoms with Crippen LogP contribution in [0.4, 0.5) is 0 Å². The predicted molar refractivity (Wildman–Crippen MR) is 139 cm³/mol. The lowest BCUT2D eigenvalue weighted by atomic mass is 10.1. The van der Waals surface area contributed by atoms with E-state index in [1.807, 2.05) is 32.9 Å². The molecule has 2 aromatic heterocycles. The van der Waals surface area contributed by atoms with E-state index in [9.17, 15) is 13.2 Å². The second kappa shape index (κ2) is 10.2. The molecule has 0 fully saturated rings. The minimum atomic E-state index is -4.24. The lowest BCUT2D eigenvalue weighted by Crippen LogP contribution is -2.31. The van der Waals surface area contributed by atoms with E-state index in [0.29, 0.717) is 28.3 Å². The molecule has 0 bridgehead atoms. The Morgan fingerprint density at radius 1 is 0.919 bits per heavy atom. The first kappa shape index (κ1) is 25.5. The Morgan fingerprint density at radius 2 is 1.59 bits per heavy atom. The summed E-state index contributed by atoms with van der Waals surface area (Å²) in [6.07, 6.45) is 0. The van der Waals surface area contributed by atoms with E-state index in [-0.39, 0.29) is 16.5 Å². The molecule has 0 aliphatic carbocycles. The van der Waals surface area contributed by atoms with Gasteiger partial charge in [-0.15, -0.1) is 0 Å². The highest BCUT2D eigenvalue weighted by Gasteiger charge is 2.24. The van der Waals surface area contributed by atoms with Crippen molar-refractivity contribution in [2.45, 2.75) is 32.7 Å².